The Hall–Kier alpha value is -4.12. The van der Waals surface area contributed by atoms with Crippen molar-refractivity contribution in [2.45, 2.75) is 93.0 Å². The van der Waals surface area contributed by atoms with E-state index in [1.165, 1.54) is 6.07 Å². The molecule has 15 heteroatoms. The molecule has 4 amide bonds. The van der Waals surface area contributed by atoms with E-state index >= 15 is 0 Å². The SMILES string of the molecule is CCN(CC)C(=O)c1cc(NC(=O)NC(C)(C)CC(C)(C)C)c2oc3c(NC(=O)CCN4CCOCCOCCOCCOCCOCC4)cc(C(C)(C)C)cc3c(=O)c2c1. The summed E-state index contributed by atoms with van der Waals surface area (Å²) in [5.41, 5.74) is 0.331. The molecule has 1 aromatic heterocycles. The molecule has 2 aromatic carbocycles. The summed E-state index contributed by atoms with van der Waals surface area (Å²) < 4.78 is 34.8. The first-order valence-electron chi connectivity index (χ1n) is 21.7. The van der Waals surface area contributed by atoms with E-state index in [-0.39, 0.29) is 56.8 Å². The summed E-state index contributed by atoms with van der Waals surface area (Å²) in [4.78, 5) is 59.6. The summed E-state index contributed by atoms with van der Waals surface area (Å²) in [6.07, 6.45) is 0.827. The first kappa shape index (κ1) is 49.5. The fourth-order valence-corrected chi connectivity index (χ4v) is 7.51. The van der Waals surface area contributed by atoms with Crippen molar-refractivity contribution in [2.24, 2.45) is 5.41 Å². The van der Waals surface area contributed by atoms with Gasteiger partial charge in [-0.05, 0) is 74.8 Å². The van der Waals surface area contributed by atoms with Gasteiger partial charge in [0.05, 0.1) is 88.2 Å². The second-order valence-corrected chi connectivity index (χ2v) is 18.4. The van der Waals surface area contributed by atoms with Gasteiger partial charge in [0.15, 0.2) is 11.2 Å². The van der Waals surface area contributed by atoms with Crippen LogP contribution in [0.3, 0.4) is 0 Å². The minimum Gasteiger partial charge on any atom is -0.451 e. The third-order valence-electron chi connectivity index (χ3n) is 10.2. The zero-order valence-corrected chi connectivity index (χ0v) is 38.3. The topological polar surface area (TPSA) is 170 Å². The van der Waals surface area contributed by atoms with Gasteiger partial charge >= 0.3 is 6.03 Å². The first-order chi connectivity index (χ1) is 28.8. The van der Waals surface area contributed by atoms with Crippen LogP contribution in [0, 0.1) is 5.41 Å². The summed E-state index contributed by atoms with van der Waals surface area (Å²) >= 11 is 0. The number of nitrogens with one attached hydrogen (secondary N) is 3. The van der Waals surface area contributed by atoms with E-state index in [0.717, 1.165) is 5.56 Å². The lowest BCUT2D eigenvalue weighted by molar-refractivity contribution is -0.116. The Morgan fingerprint density at radius 1 is 0.672 bits per heavy atom. The number of carbonyl (C=O) groups is 3. The number of anilines is 2. The predicted octanol–water partition coefficient (Wildman–Crippen LogP) is 6.79. The van der Waals surface area contributed by atoms with E-state index in [2.05, 4.69) is 41.6 Å². The van der Waals surface area contributed by atoms with Gasteiger partial charge in [-0.2, -0.15) is 0 Å². The van der Waals surface area contributed by atoms with Crippen LogP contribution in [0.4, 0.5) is 16.2 Å². The standard InChI is InChI=1S/C46H71N5O10/c1-11-51(12-2)42(54)32-27-34-39(53)35-29-33(45(6,7)8)30-37(41(35)61-40(34)36(28-32)48-43(55)49-46(9,10)31-44(3,4)5)47-38(52)13-14-50-15-17-56-19-21-58-23-25-60-26-24-59-22-20-57-18-16-50/h27-30H,11-26,31H2,1-10H3,(H,47,52)(H2,48,49,55). The second kappa shape index (κ2) is 22.8. The molecule has 1 aliphatic rings. The average Bonchev–Trinajstić information content (AvgIpc) is 3.16. The summed E-state index contributed by atoms with van der Waals surface area (Å²) in [7, 11) is 0. The van der Waals surface area contributed by atoms with Gasteiger partial charge in [-0.3, -0.25) is 19.3 Å². The highest BCUT2D eigenvalue weighted by Gasteiger charge is 2.29. The normalized spacial score (nSPS) is 16.4. The van der Waals surface area contributed by atoms with Crippen LogP contribution in [-0.4, -0.2) is 132 Å². The quantitative estimate of drug-likeness (QED) is 0.184. The number of urea groups is 1. The highest BCUT2D eigenvalue weighted by atomic mass is 16.6. The first-order valence-corrected chi connectivity index (χ1v) is 21.7. The molecule has 0 bridgehead atoms. The molecule has 4 rings (SSSR count). The zero-order valence-electron chi connectivity index (χ0n) is 38.3. The lowest BCUT2D eigenvalue weighted by atomic mass is 9.82. The average molecular weight is 854 g/mol. The number of ether oxygens (including phenoxy) is 5. The van der Waals surface area contributed by atoms with Crippen LogP contribution in [0.15, 0.2) is 33.5 Å². The number of nitrogens with zero attached hydrogens (tertiary/aromatic N) is 2. The molecule has 0 saturated carbocycles. The number of rotatable bonds is 10. The fraction of sp³-hybridized carbons (Fsp3) is 0.652. The van der Waals surface area contributed by atoms with Gasteiger partial charge in [-0.25, -0.2) is 4.79 Å². The summed E-state index contributed by atoms with van der Waals surface area (Å²) in [5.74, 6) is -0.560. The van der Waals surface area contributed by atoms with Gasteiger partial charge in [-0.15, -0.1) is 0 Å². The van der Waals surface area contributed by atoms with Gasteiger partial charge in [0, 0.05) is 50.2 Å². The zero-order chi connectivity index (χ0) is 44.8. The molecular weight excluding hydrogens is 783 g/mol. The van der Waals surface area contributed by atoms with Gasteiger partial charge in [0.25, 0.3) is 5.91 Å². The van der Waals surface area contributed by atoms with Gasteiger partial charge in [0.1, 0.15) is 0 Å². The molecule has 15 nitrogen and oxygen atoms in total. The van der Waals surface area contributed by atoms with Crippen molar-refractivity contribution in [3.05, 3.63) is 45.6 Å². The Kier molecular flexibility index (Phi) is 18.5. The van der Waals surface area contributed by atoms with Crippen LogP contribution < -0.4 is 21.4 Å². The van der Waals surface area contributed by atoms with E-state index in [4.69, 9.17) is 28.1 Å². The van der Waals surface area contributed by atoms with Crippen molar-refractivity contribution >= 4 is 51.2 Å². The van der Waals surface area contributed by atoms with E-state index in [1.54, 1.807) is 17.0 Å². The molecule has 0 atom stereocenters. The predicted molar refractivity (Wildman–Crippen MR) is 240 cm³/mol. The maximum Gasteiger partial charge on any atom is 0.319 e. The van der Waals surface area contributed by atoms with E-state index in [1.807, 2.05) is 54.5 Å². The molecule has 0 radical (unpaired) electrons. The molecule has 3 N–H and O–H groups in total. The molecule has 1 aliphatic heterocycles. The van der Waals surface area contributed by atoms with Crippen molar-refractivity contribution in [1.82, 2.24) is 15.1 Å². The van der Waals surface area contributed by atoms with Gasteiger partial charge in [-0.1, -0.05) is 41.5 Å². The molecule has 1 fully saturated rings. The van der Waals surface area contributed by atoms with Crippen molar-refractivity contribution < 1.29 is 42.5 Å². The number of fused-ring (bicyclic) bond motifs is 2. The van der Waals surface area contributed by atoms with Crippen LogP contribution in [0.5, 0.6) is 0 Å². The van der Waals surface area contributed by atoms with Crippen LogP contribution in [0.1, 0.15) is 98.0 Å². The smallest absolute Gasteiger partial charge is 0.319 e. The maximum absolute atomic E-state index is 14.6. The van der Waals surface area contributed by atoms with Crippen LogP contribution in [-0.2, 0) is 33.9 Å². The highest BCUT2D eigenvalue weighted by Crippen LogP contribution is 2.35. The Morgan fingerprint density at radius 2 is 1.16 bits per heavy atom. The second-order valence-electron chi connectivity index (χ2n) is 18.4. The number of amides is 4. The highest BCUT2D eigenvalue weighted by molar-refractivity contribution is 6.09. The monoisotopic (exact) mass is 854 g/mol. The lowest BCUT2D eigenvalue weighted by Gasteiger charge is -2.33. The molecule has 340 valence electrons. The van der Waals surface area contributed by atoms with E-state index in [9.17, 15) is 19.2 Å². The van der Waals surface area contributed by atoms with Crippen molar-refractivity contribution in [2.75, 3.05) is 109 Å². The maximum atomic E-state index is 14.6. The fourth-order valence-electron chi connectivity index (χ4n) is 7.51. The van der Waals surface area contributed by atoms with Gasteiger partial charge in [0.2, 0.25) is 11.3 Å². The summed E-state index contributed by atoms with van der Waals surface area (Å²) in [6, 6.07) is 6.17. The van der Waals surface area contributed by atoms with Crippen molar-refractivity contribution in [3.63, 3.8) is 0 Å². The Morgan fingerprint density at radius 3 is 1.66 bits per heavy atom. The summed E-state index contributed by atoms with van der Waals surface area (Å²) in [5, 5.41) is 9.37. The molecule has 3 aromatic rings. The molecule has 0 aliphatic carbocycles. The Balaban J connectivity index is 1.68. The van der Waals surface area contributed by atoms with Crippen LogP contribution in [0.25, 0.3) is 21.9 Å². The van der Waals surface area contributed by atoms with E-state index in [0.29, 0.717) is 111 Å². The Labute approximate surface area is 361 Å². The largest absolute Gasteiger partial charge is 0.451 e. The van der Waals surface area contributed by atoms with Crippen molar-refractivity contribution in [3.8, 4) is 0 Å². The van der Waals surface area contributed by atoms with Crippen molar-refractivity contribution in [1.29, 1.82) is 0 Å². The number of benzene rings is 2. The van der Waals surface area contributed by atoms with Gasteiger partial charge < -0.3 is 49.0 Å². The van der Waals surface area contributed by atoms with Crippen LogP contribution in [0.2, 0.25) is 0 Å². The minimum atomic E-state index is -0.582. The lowest BCUT2D eigenvalue weighted by Crippen LogP contribution is -2.47. The molecule has 1 saturated heterocycles. The minimum absolute atomic E-state index is 0.0648. The number of carbonyl (C=O) groups excluding carboxylic acids is 3. The third-order valence-corrected chi connectivity index (χ3v) is 10.2. The summed E-state index contributed by atoms with van der Waals surface area (Å²) in [6.45, 7) is 27.1. The molecule has 61 heavy (non-hydrogen) atoms. The molecule has 0 spiro atoms. The number of hydrogen-bond donors (Lipinski definition) is 3. The number of hydrogen-bond acceptors (Lipinski definition) is 11. The molecular formula is C46H71N5O10. The molecule has 0 unspecified atom stereocenters. The Bertz CT molecular complexity index is 1960. The van der Waals surface area contributed by atoms with Crippen LogP contribution >= 0.6 is 0 Å². The van der Waals surface area contributed by atoms with E-state index < -0.39 is 22.4 Å². The molecule has 2 heterocycles. The third kappa shape index (κ3) is 15.6.